The molecule has 6 heteroatoms. The first-order valence-electron chi connectivity index (χ1n) is 12.3. The molecule has 1 atom stereocenters. The Morgan fingerprint density at radius 1 is 1.15 bits per heavy atom. The van der Waals surface area contributed by atoms with E-state index in [1.54, 1.807) is 0 Å². The molecule has 3 heterocycles. The molecule has 6 nitrogen and oxygen atoms in total. The Hall–Kier alpha value is -2.86. The molecule has 1 spiro atoms. The van der Waals surface area contributed by atoms with Crippen molar-refractivity contribution < 1.29 is 9.90 Å². The maximum atomic E-state index is 12.0. The third kappa shape index (κ3) is 3.43. The maximum absolute atomic E-state index is 12.0. The molecule has 1 saturated carbocycles. The van der Waals surface area contributed by atoms with Gasteiger partial charge in [0, 0.05) is 24.1 Å². The Kier molecular flexibility index (Phi) is 4.94. The molecular weight excluding hydrogens is 412 g/mol. The lowest BCUT2D eigenvalue weighted by molar-refractivity contribution is 0.0296. The minimum absolute atomic E-state index is 0.00951. The number of hydrogen-bond donors (Lipinski definition) is 2. The molecule has 1 amide bonds. The fourth-order valence-electron chi connectivity index (χ4n) is 6.54. The van der Waals surface area contributed by atoms with Crippen molar-refractivity contribution in [3.63, 3.8) is 0 Å². The lowest BCUT2D eigenvalue weighted by Gasteiger charge is -2.51. The minimum atomic E-state index is -0.876. The summed E-state index contributed by atoms with van der Waals surface area (Å²) in [5, 5.41) is 13.4. The zero-order valence-electron chi connectivity index (χ0n) is 19.3. The van der Waals surface area contributed by atoms with Crippen LogP contribution in [0, 0.1) is 5.41 Å². The number of amides is 1. The summed E-state index contributed by atoms with van der Waals surface area (Å²) in [4.78, 5) is 18.7. The summed E-state index contributed by atoms with van der Waals surface area (Å²) in [6.07, 6.45) is 6.61. The number of hydrogen-bond acceptors (Lipinski definition) is 3. The first kappa shape index (κ1) is 20.7. The van der Waals surface area contributed by atoms with Gasteiger partial charge in [-0.2, -0.15) is 0 Å². The maximum Gasteiger partial charge on any atom is 0.412 e. The molecule has 1 aliphatic carbocycles. The van der Waals surface area contributed by atoms with E-state index in [0.29, 0.717) is 11.5 Å². The van der Waals surface area contributed by atoms with E-state index >= 15 is 0 Å². The molecule has 1 saturated heterocycles. The molecule has 6 rings (SSSR count). The van der Waals surface area contributed by atoms with Crippen molar-refractivity contribution in [3.05, 3.63) is 59.4 Å². The quantitative estimate of drug-likeness (QED) is 0.586. The Morgan fingerprint density at radius 3 is 2.64 bits per heavy atom. The van der Waals surface area contributed by atoms with E-state index in [4.69, 9.17) is 4.98 Å². The van der Waals surface area contributed by atoms with Crippen molar-refractivity contribution in [1.29, 1.82) is 0 Å². The van der Waals surface area contributed by atoms with E-state index in [-0.39, 0.29) is 6.04 Å². The van der Waals surface area contributed by atoms with Gasteiger partial charge in [-0.1, -0.05) is 30.3 Å². The fourth-order valence-corrected chi connectivity index (χ4v) is 6.54. The number of anilines is 1. The topological polar surface area (TPSA) is 70.4 Å². The van der Waals surface area contributed by atoms with Crippen molar-refractivity contribution in [3.8, 4) is 0 Å². The summed E-state index contributed by atoms with van der Waals surface area (Å²) in [6, 6.07) is 15.2. The normalized spacial score (nSPS) is 22.3. The first-order chi connectivity index (χ1) is 16.0. The van der Waals surface area contributed by atoms with Gasteiger partial charge < -0.3 is 15.0 Å². The second kappa shape index (κ2) is 7.87. The number of nitrogens with zero attached hydrogens (tertiary/aromatic N) is 3. The molecule has 0 radical (unpaired) electrons. The monoisotopic (exact) mass is 444 g/mol. The standard InChI is InChI=1S/C27H32N4O2/c1-18-7-8-21-22(30(18)26(32)33)9-10-23-25(21)29-24(15-19-5-3-2-4-6-19)31(23)20-16-27(17-20)11-13-28-14-12-27/h2-6,9-10,18,20,28H,7-8,11-17H2,1H3,(H,32,33)/t18-/m0/s1. The Balaban J connectivity index is 1.45. The predicted molar refractivity (Wildman–Crippen MR) is 130 cm³/mol. The highest BCUT2D eigenvalue weighted by Crippen LogP contribution is 2.55. The SMILES string of the molecule is C[C@H]1CCc2c(ccc3c2nc(Cc2ccccc2)n3C2CC3(CCNCC3)C2)N1C(=O)O. The summed E-state index contributed by atoms with van der Waals surface area (Å²) >= 11 is 0. The van der Waals surface area contributed by atoms with Gasteiger partial charge in [0.1, 0.15) is 5.82 Å². The van der Waals surface area contributed by atoms with Crippen LogP contribution in [-0.2, 0) is 12.8 Å². The molecule has 0 bridgehead atoms. The van der Waals surface area contributed by atoms with Gasteiger partial charge in [-0.3, -0.25) is 4.90 Å². The minimum Gasteiger partial charge on any atom is -0.465 e. The molecular formula is C27H32N4O2. The van der Waals surface area contributed by atoms with E-state index in [9.17, 15) is 9.90 Å². The van der Waals surface area contributed by atoms with Crippen molar-refractivity contribution in [1.82, 2.24) is 14.9 Å². The second-order valence-corrected chi connectivity index (χ2v) is 10.3. The highest BCUT2D eigenvalue weighted by molar-refractivity contribution is 5.94. The van der Waals surface area contributed by atoms with E-state index < -0.39 is 6.09 Å². The molecule has 33 heavy (non-hydrogen) atoms. The van der Waals surface area contributed by atoms with Gasteiger partial charge in [0.05, 0.1) is 16.7 Å². The van der Waals surface area contributed by atoms with Gasteiger partial charge in [-0.05, 0) is 81.6 Å². The molecule has 2 N–H and O–H groups in total. The molecule has 2 fully saturated rings. The third-order valence-electron chi connectivity index (χ3n) is 8.31. The predicted octanol–water partition coefficient (Wildman–Crippen LogP) is 5.15. The molecule has 1 aromatic heterocycles. The smallest absolute Gasteiger partial charge is 0.412 e. The number of rotatable bonds is 3. The van der Waals surface area contributed by atoms with Crippen LogP contribution in [0.1, 0.15) is 62.0 Å². The van der Waals surface area contributed by atoms with Crippen molar-refractivity contribution in [2.75, 3.05) is 18.0 Å². The van der Waals surface area contributed by atoms with E-state index in [1.807, 2.05) is 13.0 Å². The number of fused-ring (bicyclic) bond motifs is 3. The van der Waals surface area contributed by atoms with E-state index in [2.05, 4.69) is 46.3 Å². The van der Waals surface area contributed by atoms with Crippen LogP contribution in [0.15, 0.2) is 42.5 Å². The van der Waals surface area contributed by atoms with Gasteiger partial charge in [0.15, 0.2) is 0 Å². The van der Waals surface area contributed by atoms with Crippen LogP contribution >= 0.6 is 0 Å². The van der Waals surface area contributed by atoms with Gasteiger partial charge in [0.25, 0.3) is 0 Å². The van der Waals surface area contributed by atoms with Crippen LogP contribution in [0.3, 0.4) is 0 Å². The molecule has 2 aromatic carbocycles. The van der Waals surface area contributed by atoms with Gasteiger partial charge in [-0.25, -0.2) is 9.78 Å². The lowest BCUT2D eigenvalue weighted by Crippen LogP contribution is -2.46. The van der Waals surface area contributed by atoms with Crippen molar-refractivity contribution >= 4 is 22.8 Å². The molecule has 172 valence electrons. The third-order valence-corrected chi connectivity index (χ3v) is 8.31. The highest BCUT2D eigenvalue weighted by Gasteiger charge is 2.46. The summed E-state index contributed by atoms with van der Waals surface area (Å²) in [5.41, 5.74) is 5.83. The first-order valence-corrected chi connectivity index (χ1v) is 12.3. The Bertz CT molecular complexity index is 1190. The number of nitrogens with one attached hydrogen (secondary N) is 1. The average molecular weight is 445 g/mol. The number of carboxylic acid groups (broad SMARTS) is 1. The molecule has 0 unspecified atom stereocenters. The van der Waals surface area contributed by atoms with E-state index in [0.717, 1.165) is 54.9 Å². The number of carbonyl (C=O) groups is 1. The number of piperidine rings is 1. The zero-order valence-corrected chi connectivity index (χ0v) is 19.3. The molecule has 3 aliphatic rings. The zero-order chi connectivity index (χ0) is 22.6. The summed E-state index contributed by atoms with van der Waals surface area (Å²) in [5.74, 6) is 1.11. The van der Waals surface area contributed by atoms with Crippen LogP contribution in [0.25, 0.3) is 11.0 Å². The van der Waals surface area contributed by atoms with Gasteiger partial charge in [0.2, 0.25) is 0 Å². The fraction of sp³-hybridized carbons (Fsp3) is 0.481. The summed E-state index contributed by atoms with van der Waals surface area (Å²) in [7, 11) is 0. The summed E-state index contributed by atoms with van der Waals surface area (Å²) in [6.45, 7) is 4.25. The number of imidazole rings is 1. The van der Waals surface area contributed by atoms with E-state index in [1.165, 1.54) is 41.7 Å². The molecule has 2 aliphatic heterocycles. The largest absolute Gasteiger partial charge is 0.465 e. The number of benzene rings is 2. The second-order valence-electron chi connectivity index (χ2n) is 10.3. The van der Waals surface area contributed by atoms with Crippen LogP contribution in [0.4, 0.5) is 10.5 Å². The highest BCUT2D eigenvalue weighted by atomic mass is 16.4. The Morgan fingerprint density at radius 2 is 1.91 bits per heavy atom. The summed E-state index contributed by atoms with van der Waals surface area (Å²) < 4.78 is 2.50. The lowest BCUT2D eigenvalue weighted by atomic mass is 9.60. The van der Waals surface area contributed by atoms with Gasteiger partial charge in [-0.15, -0.1) is 0 Å². The van der Waals surface area contributed by atoms with Crippen molar-refractivity contribution in [2.24, 2.45) is 5.41 Å². The molecule has 3 aromatic rings. The average Bonchev–Trinajstić information content (AvgIpc) is 3.15. The van der Waals surface area contributed by atoms with Gasteiger partial charge >= 0.3 is 6.09 Å². The number of aryl methyl sites for hydroxylation is 1. The van der Waals surface area contributed by atoms with Crippen LogP contribution < -0.4 is 10.2 Å². The van der Waals surface area contributed by atoms with Crippen molar-refractivity contribution in [2.45, 2.75) is 64.0 Å². The number of aromatic nitrogens is 2. The van der Waals surface area contributed by atoms with Crippen LogP contribution in [0.5, 0.6) is 0 Å². The van der Waals surface area contributed by atoms with Crippen LogP contribution in [-0.4, -0.2) is 39.9 Å². The Labute approximate surface area is 194 Å². The van der Waals surface area contributed by atoms with Crippen LogP contribution in [0.2, 0.25) is 0 Å².